The molecule has 4 unspecified atom stereocenters. The van der Waals surface area contributed by atoms with Gasteiger partial charge in [0.15, 0.2) is 23.1 Å². The fraction of sp³-hybridized carbons (Fsp3) is 0.455. The average Bonchev–Trinajstić information content (AvgIpc) is 0.730. The van der Waals surface area contributed by atoms with E-state index in [-0.39, 0.29) is 148 Å². The molecule has 4 atom stereocenters. The fourth-order valence-electron chi connectivity index (χ4n) is 16.5. The fourth-order valence-corrected chi connectivity index (χ4v) is 16.5. The first-order valence-electron chi connectivity index (χ1n) is 52.1. The molecule has 148 heavy (non-hydrogen) atoms. The van der Waals surface area contributed by atoms with E-state index < -0.39 is 10.8 Å². The molecule has 0 amide bonds. The number of allylic oxidation sites excluding steroid dienone is 8. The summed E-state index contributed by atoms with van der Waals surface area (Å²) in [5.41, 5.74) is 27.3. The van der Waals surface area contributed by atoms with Gasteiger partial charge in [0, 0.05) is 162 Å². The molecule has 16 heteroatoms. The molecule has 12 aromatic rings. The number of carbonyl (C=O) groups is 4. The van der Waals surface area contributed by atoms with E-state index in [0.29, 0.717) is 35.5 Å². The number of fused-ring (bicyclic) bond motifs is 4. The van der Waals surface area contributed by atoms with Gasteiger partial charge in [-0.25, -0.2) is 0 Å². The molecule has 812 valence electrons. The van der Waals surface area contributed by atoms with Crippen LogP contribution in [-0.2, 0) is 99.6 Å². The Morgan fingerprint density at radius 1 is 0.318 bits per heavy atom. The number of aliphatic hydroxyl groups excluding tert-OH is 4. The SMILES string of the molecule is CC(=O)C=C(C)O.CC(C)(C)C(=O)C=C(O)C(C)(C)C.CC(C)(C)C(=O)C=C(O)C(C)(C)C.CCC(C)(C)C(=O)C=C(O)C(C)(C)CC.CCC(C)c1ccc2c(-c3[c-]c(C)cc(C)c3)ncc(C)c2c1.CCC(C)c1ccc2c(-c3[c-]c(C)cc(C)c3)nccc2c1C.CCC(C)c1ccc2c(-c3[c-]c(C)cc(C)c3)nccc2c1C(C)C.CCC(C)c1ccc2c(-c3[c-]c(C)cc(C)c3)nccc2c1C(C)C.[Ir].[Ir].[Ir].[Ir]. The number of carbonyl (C=O) groups excluding carboxylic acids is 4. The number of hydrogen-bond acceptors (Lipinski definition) is 12. The van der Waals surface area contributed by atoms with E-state index in [1.807, 2.05) is 149 Å². The van der Waals surface area contributed by atoms with Gasteiger partial charge in [0.25, 0.3) is 0 Å². The minimum Gasteiger partial charge on any atom is -0.512 e. The van der Waals surface area contributed by atoms with Crippen molar-refractivity contribution in [3.8, 4) is 45.0 Å². The van der Waals surface area contributed by atoms with Gasteiger partial charge in [-0.15, -0.1) is 140 Å². The zero-order valence-electron chi connectivity index (χ0n) is 97.4. The Morgan fingerprint density at radius 3 is 0.892 bits per heavy atom. The summed E-state index contributed by atoms with van der Waals surface area (Å²) in [6.07, 6.45) is 19.3. The van der Waals surface area contributed by atoms with Crippen LogP contribution in [0.3, 0.4) is 0 Å². The van der Waals surface area contributed by atoms with E-state index >= 15 is 0 Å². The molecular formula is C132H176Ir4N4O8-4. The van der Waals surface area contributed by atoms with Crippen molar-refractivity contribution in [2.75, 3.05) is 0 Å². The number of aromatic nitrogens is 4. The normalized spacial score (nSPS) is 12.7. The molecule has 4 aromatic heterocycles. The van der Waals surface area contributed by atoms with Crippen LogP contribution in [0.25, 0.3) is 88.1 Å². The minimum atomic E-state index is -0.417. The van der Waals surface area contributed by atoms with E-state index in [1.165, 1.54) is 148 Å². The summed E-state index contributed by atoms with van der Waals surface area (Å²) >= 11 is 0. The molecule has 4 N–H and O–H groups in total. The third kappa shape index (κ3) is 39.8. The number of rotatable bonds is 22. The summed E-state index contributed by atoms with van der Waals surface area (Å²) in [4.78, 5) is 63.7. The van der Waals surface area contributed by atoms with Crippen molar-refractivity contribution in [3.63, 3.8) is 0 Å². The Kier molecular flexibility index (Phi) is 55.8. The first-order valence-corrected chi connectivity index (χ1v) is 52.1. The Balaban J connectivity index is 0.000000862. The molecule has 0 aliphatic rings. The van der Waals surface area contributed by atoms with Crippen LogP contribution < -0.4 is 0 Å². The summed E-state index contributed by atoms with van der Waals surface area (Å²) in [6.45, 7) is 85.5. The van der Waals surface area contributed by atoms with Gasteiger partial charge in [-0.3, -0.25) is 19.2 Å². The van der Waals surface area contributed by atoms with Gasteiger partial charge >= 0.3 is 0 Å². The second-order valence-corrected chi connectivity index (χ2v) is 45.9. The average molecular weight is 2720 g/mol. The molecule has 8 aromatic carbocycles. The van der Waals surface area contributed by atoms with Crippen LogP contribution in [0.5, 0.6) is 0 Å². The summed E-state index contributed by atoms with van der Waals surface area (Å²) in [5, 5.41) is 47.5. The molecule has 0 spiro atoms. The van der Waals surface area contributed by atoms with Crippen molar-refractivity contribution in [2.45, 2.75) is 365 Å². The van der Waals surface area contributed by atoms with Crippen molar-refractivity contribution in [2.24, 2.45) is 32.5 Å². The van der Waals surface area contributed by atoms with Gasteiger partial charge in [0.2, 0.25) is 0 Å². The van der Waals surface area contributed by atoms with Gasteiger partial charge in [-0.2, -0.15) is 0 Å². The Labute approximate surface area is 947 Å². The zero-order chi connectivity index (χ0) is 109. The molecule has 0 aliphatic carbocycles. The number of benzene rings is 8. The maximum Gasteiger partial charge on any atom is 0.164 e. The predicted molar refractivity (Wildman–Crippen MR) is 615 cm³/mol. The van der Waals surface area contributed by atoms with Crippen LogP contribution in [0.15, 0.2) is 193 Å². The summed E-state index contributed by atoms with van der Waals surface area (Å²) < 4.78 is 0. The molecule has 0 aliphatic heterocycles. The second kappa shape index (κ2) is 60.3. The largest absolute Gasteiger partial charge is 0.512 e. The number of pyridine rings is 4. The van der Waals surface area contributed by atoms with E-state index in [9.17, 15) is 34.5 Å². The molecule has 4 radical (unpaired) electrons. The summed E-state index contributed by atoms with van der Waals surface area (Å²) in [7, 11) is 0. The van der Waals surface area contributed by atoms with Gasteiger partial charge in [-0.1, -0.05) is 318 Å². The molecular weight excluding hydrogens is 2540 g/mol. The van der Waals surface area contributed by atoms with Crippen LogP contribution in [0.1, 0.15) is 385 Å². The summed E-state index contributed by atoms with van der Waals surface area (Å²) in [6, 6.07) is 58.3. The molecule has 0 bridgehead atoms. The van der Waals surface area contributed by atoms with Gasteiger partial charge in [0.05, 0.1) is 5.76 Å². The van der Waals surface area contributed by atoms with E-state index in [0.717, 1.165) is 106 Å². The predicted octanol–water partition coefficient (Wildman–Crippen LogP) is 37.3. The van der Waals surface area contributed by atoms with Crippen molar-refractivity contribution in [1.29, 1.82) is 0 Å². The van der Waals surface area contributed by atoms with Gasteiger partial charge in [-0.05, 0) is 230 Å². The summed E-state index contributed by atoms with van der Waals surface area (Å²) in [5.74, 6) is 3.65. The molecule has 12 nitrogen and oxygen atoms in total. The Bertz CT molecular complexity index is 6220. The van der Waals surface area contributed by atoms with Crippen molar-refractivity contribution in [1.82, 2.24) is 19.9 Å². The molecule has 0 saturated heterocycles. The van der Waals surface area contributed by atoms with Crippen LogP contribution >= 0.6 is 0 Å². The van der Waals surface area contributed by atoms with Crippen molar-refractivity contribution in [3.05, 3.63) is 307 Å². The Hall–Kier alpha value is -9.16. The monoisotopic (exact) mass is 2720 g/mol. The van der Waals surface area contributed by atoms with Gasteiger partial charge < -0.3 is 40.4 Å². The number of hydrogen-bond donors (Lipinski definition) is 4. The van der Waals surface area contributed by atoms with Gasteiger partial charge in [0.1, 0.15) is 17.3 Å². The number of aryl methyl sites for hydroxylation is 10. The minimum absolute atomic E-state index is 0. The van der Waals surface area contributed by atoms with Crippen molar-refractivity contribution < 1.29 is 120 Å². The maximum absolute atomic E-state index is 11.8. The molecule has 0 fully saturated rings. The molecule has 0 saturated carbocycles. The van der Waals surface area contributed by atoms with E-state index in [1.54, 1.807) is 0 Å². The smallest absolute Gasteiger partial charge is 0.164 e. The topological polar surface area (TPSA) is 201 Å². The van der Waals surface area contributed by atoms with Crippen LogP contribution in [0, 0.1) is 126 Å². The second-order valence-electron chi connectivity index (χ2n) is 45.9. The third-order valence-corrected chi connectivity index (χ3v) is 27.1. The van der Waals surface area contributed by atoms with Crippen LogP contribution in [0.2, 0.25) is 0 Å². The first kappa shape index (κ1) is 137. The zero-order valence-corrected chi connectivity index (χ0v) is 107. The van der Waals surface area contributed by atoms with Crippen LogP contribution in [0.4, 0.5) is 0 Å². The standard InChI is InChI=1S/2C24H28N.2C22H24N.C13H24O2.2C11H20O2.C5H8O2.4Ir/c2*1-7-18(6)20-8-9-22-21(23(20)15(2)3)10-11-25-24(22)19-13-16(4)12-17(5)14-19;1-6-16(4)18-7-8-20-21(12-18)17(5)13-23-22(20)19-10-14(2)9-15(3)11-19;1-6-16(4)19-7-8-21-20(17(19)5)9-10-23-22(21)18-12-14(2)11-15(3)13-18;1-7-12(3,4)10(14)9-11(15)13(5,6)8-2;2*1-10(2,3)8(12)7-9(13)11(4,5)6;1-4(6)3-5(2)7;;;;/h2*8-13,15,18H,7H2,1-6H3;7-10,12-13,16H,6H2,1-5H3;7-12,16H,6H2,1-5H3;9,14H,7-8H2,1-6H3;2*7,12H,1-6H3;3,6H,1-2H3;;;;/q4*-1;;;;;;;;. The number of nitrogens with zero attached hydrogens (tertiary/aromatic N) is 4. The quantitative estimate of drug-likeness (QED) is 0.0285. The number of ketones is 4. The first-order chi connectivity index (χ1) is 66.7. The molecule has 4 heterocycles. The number of aliphatic hydroxyl groups is 4. The van der Waals surface area contributed by atoms with Crippen molar-refractivity contribution >= 4 is 66.2 Å². The van der Waals surface area contributed by atoms with E-state index in [4.69, 9.17) is 20.1 Å². The van der Waals surface area contributed by atoms with E-state index in [2.05, 4.69) is 303 Å². The molecule has 12 rings (SSSR count). The third-order valence-electron chi connectivity index (χ3n) is 27.1. The van der Waals surface area contributed by atoms with Crippen LogP contribution in [-0.4, -0.2) is 63.5 Å². The maximum atomic E-state index is 11.8. The Morgan fingerprint density at radius 2 is 0.608 bits per heavy atom.